The molecule has 13 aromatic carbocycles. The summed E-state index contributed by atoms with van der Waals surface area (Å²) >= 11 is 3.62. The average molecular weight is 1220 g/mol. The van der Waals surface area contributed by atoms with Gasteiger partial charge in [0.2, 0.25) is 0 Å². The summed E-state index contributed by atoms with van der Waals surface area (Å²) in [5.74, 6) is -0.730. The van der Waals surface area contributed by atoms with Crippen molar-refractivity contribution in [1.29, 1.82) is 0 Å². The second-order valence-corrected chi connectivity index (χ2v) is 27.8. The van der Waals surface area contributed by atoms with E-state index in [2.05, 4.69) is 276 Å². The van der Waals surface area contributed by atoms with Crippen molar-refractivity contribution in [2.45, 2.75) is 38.8 Å². The Morgan fingerprint density at radius 1 is 0.283 bits per heavy atom. The van der Waals surface area contributed by atoms with Gasteiger partial charge in [0.15, 0.2) is 0 Å². The number of thiophene rings is 2. The Kier molecular flexibility index (Phi) is 11.2. The second-order valence-electron chi connectivity index (χ2n) is 25.7. The third-order valence-electron chi connectivity index (χ3n) is 20.0. The van der Waals surface area contributed by atoms with Crippen molar-refractivity contribution in [1.82, 2.24) is 18.3 Å². The van der Waals surface area contributed by atoms with Gasteiger partial charge in [0.25, 0.3) is 0 Å². The van der Waals surface area contributed by atoms with Gasteiger partial charge in [-0.1, -0.05) is 194 Å². The maximum absolute atomic E-state index is 17.5. The molecule has 4 nitrogen and oxygen atoms in total. The summed E-state index contributed by atoms with van der Waals surface area (Å²) in [5.41, 5.74) is 12.9. The molecule has 0 saturated heterocycles. The minimum Gasteiger partial charge on any atom is -0.331 e. The van der Waals surface area contributed by atoms with E-state index in [0.29, 0.717) is 11.1 Å². The van der Waals surface area contributed by atoms with E-state index < -0.39 is 11.1 Å². The Hall–Kier alpha value is -10.6. The topological polar surface area (TPSA) is 19.7 Å². The van der Waals surface area contributed by atoms with Crippen molar-refractivity contribution < 1.29 is 8.78 Å². The maximum Gasteiger partial charge on any atom is 0.123 e. The molecule has 0 unspecified atom stereocenters. The van der Waals surface area contributed by atoms with E-state index in [1.54, 1.807) is 35.6 Å². The summed E-state index contributed by atoms with van der Waals surface area (Å²) in [6, 6.07) is 94.0. The van der Waals surface area contributed by atoms with Crippen molar-refractivity contribution in [2.24, 2.45) is 0 Å². The first kappa shape index (κ1) is 53.2. The number of hydrogen-bond donors (Lipinski definition) is 0. The predicted molar refractivity (Wildman–Crippen MR) is 387 cm³/mol. The average Bonchev–Trinajstić information content (AvgIpc) is 1.35. The molecule has 6 heterocycles. The number of benzene rings is 13. The van der Waals surface area contributed by atoms with Gasteiger partial charge >= 0.3 is 0 Å². The highest BCUT2D eigenvalue weighted by atomic mass is 32.1. The fourth-order valence-electron chi connectivity index (χ4n) is 16.4. The number of hydrogen-bond acceptors (Lipinski definition) is 2. The normalized spacial score (nSPS) is 12.7. The molecule has 19 rings (SSSR count). The van der Waals surface area contributed by atoms with Crippen LogP contribution in [0.4, 0.5) is 8.78 Å². The fraction of sp³-hybridized carbons (Fsp3) is 0.0714. The zero-order chi connectivity index (χ0) is 61.5. The van der Waals surface area contributed by atoms with E-state index in [0.717, 1.165) is 136 Å². The van der Waals surface area contributed by atoms with Crippen LogP contribution < -0.4 is 0 Å². The lowest BCUT2D eigenvalue weighted by molar-refractivity contribution is 0.447. The van der Waals surface area contributed by atoms with E-state index in [1.807, 2.05) is 23.5 Å². The summed E-state index contributed by atoms with van der Waals surface area (Å²) in [4.78, 5) is 0. The molecule has 8 heteroatoms. The monoisotopic (exact) mass is 1220 g/mol. The molecule has 0 aliphatic rings. The highest BCUT2D eigenvalue weighted by Crippen LogP contribution is 2.58. The Labute approximate surface area is 535 Å². The first-order valence-corrected chi connectivity index (χ1v) is 33.1. The molecule has 0 atom stereocenters. The van der Waals surface area contributed by atoms with Gasteiger partial charge in [-0.2, -0.15) is 0 Å². The van der Waals surface area contributed by atoms with E-state index in [4.69, 9.17) is 0 Å². The number of nitrogens with zero attached hydrogens (tertiary/aromatic N) is 4. The zero-order valence-electron chi connectivity index (χ0n) is 50.8. The molecule has 0 radical (unpaired) electrons. The fourth-order valence-corrected chi connectivity index (χ4v) is 18.9. The molecule has 19 aromatic rings. The van der Waals surface area contributed by atoms with Gasteiger partial charge in [-0.25, -0.2) is 8.78 Å². The number of para-hydroxylation sites is 6. The molecule has 0 N–H and O–H groups in total. The number of fused-ring (bicyclic) bond motifs is 20. The van der Waals surface area contributed by atoms with Crippen LogP contribution in [0.1, 0.15) is 38.8 Å². The van der Waals surface area contributed by atoms with Crippen LogP contribution in [0.2, 0.25) is 0 Å². The third kappa shape index (κ3) is 7.24. The first-order chi connectivity index (χ1) is 45.0. The molecule has 438 valence electrons. The summed E-state index contributed by atoms with van der Waals surface area (Å²) < 4.78 is 49.9. The molecule has 0 bridgehead atoms. The van der Waals surface area contributed by atoms with Gasteiger partial charge in [0.1, 0.15) is 11.6 Å². The van der Waals surface area contributed by atoms with Gasteiger partial charge in [-0.15, -0.1) is 22.7 Å². The summed E-state index contributed by atoms with van der Waals surface area (Å²) in [6.07, 6.45) is 0. The largest absolute Gasteiger partial charge is 0.331 e. The molecular weight excluding hydrogens is 1170 g/mol. The van der Waals surface area contributed by atoms with Crippen molar-refractivity contribution in [3.63, 3.8) is 0 Å². The predicted octanol–water partition coefficient (Wildman–Crippen LogP) is 24.0. The Morgan fingerprint density at radius 3 is 0.957 bits per heavy atom. The SMILES string of the molecule is CC(C)(c1c(-c2cccc(F)c2)c(-n2c3ccccc3c3ccc4c5ccccc5sc4c32)c(-c2cccc(F)c2)c(C(C)(C)n2c3ccccc3c3ccccc32)c1-n1c2ccccc2c2ccc3c4ccccc4sc3c21)n1c2ccccc2c2ccccc21. The highest BCUT2D eigenvalue weighted by Gasteiger charge is 2.44. The van der Waals surface area contributed by atoms with Gasteiger partial charge in [0.05, 0.1) is 53.9 Å². The first-order valence-electron chi connectivity index (χ1n) is 31.5. The lowest BCUT2D eigenvalue weighted by atomic mass is 9.74. The summed E-state index contributed by atoms with van der Waals surface area (Å²) in [5, 5.41) is 13.6. The highest BCUT2D eigenvalue weighted by molar-refractivity contribution is 7.27. The van der Waals surface area contributed by atoms with Gasteiger partial charge < -0.3 is 18.3 Å². The molecule has 0 aliphatic carbocycles. The van der Waals surface area contributed by atoms with E-state index in [-0.39, 0.29) is 11.6 Å². The van der Waals surface area contributed by atoms with E-state index >= 15 is 8.78 Å². The van der Waals surface area contributed by atoms with Crippen molar-refractivity contribution >= 4 is 150 Å². The Balaban J connectivity index is 1.18. The number of halogens is 2. The summed E-state index contributed by atoms with van der Waals surface area (Å²) in [7, 11) is 0. The van der Waals surface area contributed by atoms with Crippen molar-refractivity contribution in [3.05, 3.63) is 290 Å². The quantitative estimate of drug-likeness (QED) is 0.144. The standard InChI is InChI=1S/C84H56F2N4S2/c1-83(2,89-67-37-15-7-27-53(67)54-28-8-16-38-68(54)89)75-73(49-23-21-25-51(85)47-49)79(87-65-35-13-5-31-57(65)61-43-45-63-59-33-11-19-41-71(59)91-81(63)77(61)87)74(50-24-22-26-52(86)48-50)76(84(3,4)90-69-39-17-9-29-55(69)56-30-10-18-40-70(56)90)80(75)88-66-36-14-6-32-58(66)62-44-46-64-60-34-12-20-42-72(60)92-82(64)78(62)88/h5-48H,1-4H3. The number of rotatable bonds is 8. The van der Waals surface area contributed by atoms with Crippen molar-refractivity contribution in [2.75, 3.05) is 0 Å². The smallest absolute Gasteiger partial charge is 0.123 e. The third-order valence-corrected chi connectivity index (χ3v) is 22.4. The van der Waals surface area contributed by atoms with Gasteiger partial charge in [-0.3, -0.25) is 0 Å². The van der Waals surface area contributed by atoms with Crippen LogP contribution in [0.5, 0.6) is 0 Å². The van der Waals surface area contributed by atoms with Crippen LogP contribution in [0, 0.1) is 11.6 Å². The summed E-state index contributed by atoms with van der Waals surface area (Å²) in [6.45, 7) is 9.54. The zero-order valence-corrected chi connectivity index (χ0v) is 52.4. The van der Waals surface area contributed by atoms with Crippen LogP contribution in [-0.4, -0.2) is 18.3 Å². The minimum atomic E-state index is -1.04. The molecule has 92 heavy (non-hydrogen) atoms. The Bertz CT molecular complexity index is 6070. The van der Waals surface area contributed by atoms with Crippen LogP contribution in [0.3, 0.4) is 0 Å². The number of aromatic nitrogens is 4. The lowest BCUT2D eigenvalue weighted by Gasteiger charge is -2.42. The van der Waals surface area contributed by atoms with E-state index in [9.17, 15) is 0 Å². The second kappa shape index (κ2) is 19.4. The minimum absolute atomic E-state index is 0.365. The molecule has 0 amide bonds. The van der Waals surface area contributed by atoms with Gasteiger partial charge in [0, 0.05) is 118 Å². The van der Waals surface area contributed by atoms with Crippen LogP contribution >= 0.6 is 22.7 Å². The van der Waals surface area contributed by atoms with Crippen LogP contribution in [0.25, 0.3) is 161 Å². The maximum atomic E-state index is 17.5. The Morgan fingerprint density at radius 2 is 0.587 bits per heavy atom. The molecular formula is C84H56F2N4S2. The van der Waals surface area contributed by atoms with Gasteiger partial charge in [-0.05, 0) is 112 Å². The molecule has 0 spiro atoms. The molecule has 0 aliphatic heterocycles. The molecule has 0 saturated carbocycles. The lowest BCUT2D eigenvalue weighted by Crippen LogP contribution is -2.36. The van der Waals surface area contributed by atoms with E-state index in [1.165, 1.54) is 25.6 Å². The van der Waals surface area contributed by atoms with Crippen LogP contribution in [0.15, 0.2) is 267 Å². The molecule has 0 fully saturated rings. The molecule has 6 aromatic heterocycles. The van der Waals surface area contributed by atoms with Crippen molar-refractivity contribution in [3.8, 4) is 33.6 Å². The van der Waals surface area contributed by atoms with Crippen LogP contribution in [-0.2, 0) is 11.1 Å².